The SMILES string of the molecule is CCN(CCCNCc1cccc(Br)n1)C(=O)OC(C)(C)C. The molecule has 1 heterocycles. The Balaban J connectivity index is 2.25. The van der Waals surface area contributed by atoms with Crippen LogP contribution in [0.3, 0.4) is 0 Å². The zero-order valence-electron chi connectivity index (χ0n) is 13.9. The molecule has 0 atom stereocenters. The Morgan fingerprint density at radius 2 is 2.14 bits per heavy atom. The number of nitrogens with zero attached hydrogens (tertiary/aromatic N) is 2. The lowest BCUT2D eigenvalue weighted by atomic mass is 10.2. The first-order valence-corrected chi connectivity index (χ1v) is 8.41. The van der Waals surface area contributed by atoms with Gasteiger partial charge in [-0.25, -0.2) is 9.78 Å². The largest absolute Gasteiger partial charge is 0.444 e. The predicted molar refractivity (Wildman–Crippen MR) is 91.7 cm³/mol. The number of ether oxygens (including phenoxy) is 1. The van der Waals surface area contributed by atoms with Crippen LogP contribution in [0.1, 0.15) is 39.8 Å². The van der Waals surface area contributed by atoms with Gasteiger partial charge in [0, 0.05) is 19.6 Å². The van der Waals surface area contributed by atoms with Crippen molar-refractivity contribution in [3.8, 4) is 0 Å². The summed E-state index contributed by atoms with van der Waals surface area (Å²) in [5, 5.41) is 3.33. The molecule has 0 aliphatic carbocycles. The van der Waals surface area contributed by atoms with E-state index in [1.807, 2.05) is 45.9 Å². The normalized spacial score (nSPS) is 11.3. The first kappa shape index (κ1) is 18.9. The van der Waals surface area contributed by atoms with Crippen molar-refractivity contribution < 1.29 is 9.53 Å². The molecule has 124 valence electrons. The molecule has 1 N–H and O–H groups in total. The van der Waals surface area contributed by atoms with Gasteiger partial charge in [0.25, 0.3) is 0 Å². The van der Waals surface area contributed by atoms with Gasteiger partial charge < -0.3 is 15.0 Å². The number of rotatable bonds is 7. The first-order valence-electron chi connectivity index (χ1n) is 7.62. The van der Waals surface area contributed by atoms with Gasteiger partial charge in [0.05, 0.1) is 5.69 Å². The lowest BCUT2D eigenvalue weighted by Crippen LogP contribution is -2.38. The van der Waals surface area contributed by atoms with Gasteiger partial charge in [-0.3, -0.25) is 0 Å². The highest BCUT2D eigenvalue weighted by molar-refractivity contribution is 9.10. The van der Waals surface area contributed by atoms with Crippen LogP contribution in [0.15, 0.2) is 22.8 Å². The van der Waals surface area contributed by atoms with Gasteiger partial charge in [-0.15, -0.1) is 0 Å². The van der Waals surface area contributed by atoms with E-state index in [1.54, 1.807) is 4.90 Å². The summed E-state index contributed by atoms with van der Waals surface area (Å²) in [6.45, 7) is 10.5. The number of hydrogen-bond donors (Lipinski definition) is 1. The summed E-state index contributed by atoms with van der Waals surface area (Å²) in [6, 6.07) is 5.86. The molecule has 0 unspecified atom stereocenters. The van der Waals surface area contributed by atoms with Gasteiger partial charge in [-0.1, -0.05) is 6.07 Å². The molecule has 0 aliphatic heterocycles. The molecule has 1 aromatic heterocycles. The van der Waals surface area contributed by atoms with Crippen LogP contribution >= 0.6 is 15.9 Å². The molecule has 5 nitrogen and oxygen atoms in total. The third-order valence-corrected chi connectivity index (χ3v) is 3.34. The van der Waals surface area contributed by atoms with Gasteiger partial charge in [-0.05, 0) is 68.7 Å². The molecule has 0 bridgehead atoms. The van der Waals surface area contributed by atoms with Crippen molar-refractivity contribution in [2.75, 3.05) is 19.6 Å². The Hall–Kier alpha value is -1.14. The van der Waals surface area contributed by atoms with Gasteiger partial charge >= 0.3 is 6.09 Å². The minimum absolute atomic E-state index is 0.247. The topological polar surface area (TPSA) is 54.5 Å². The number of aromatic nitrogens is 1. The maximum atomic E-state index is 12.0. The van der Waals surface area contributed by atoms with Crippen molar-refractivity contribution in [3.05, 3.63) is 28.5 Å². The lowest BCUT2D eigenvalue weighted by molar-refractivity contribution is 0.0258. The quantitative estimate of drug-likeness (QED) is 0.587. The molecule has 1 aromatic rings. The average Bonchev–Trinajstić information content (AvgIpc) is 2.40. The highest BCUT2D eigenvalue weighted by Gasteiger charge is 2.20. The van der Waals surface area contributed by atoms with E-state index in [-0.39, 0.29) is 6.09 Å². The molecular formula is C16H26BrN3O2. The van der Waals surface area contributed by atoms with Crippen molar-refractivity contribution in [2.45, 2.75) is 46.3 Å². The average molecular weight is 372 g/mol. The first-order chi connectivity index (χ1) is 10.3. The van der Waals surface area contributed by atoms with E-state index in [9.17, 15) is 4.79 Å². The van der Waals surface area contributed by atoms with Gasteiger partial charge in [0.2, 0.25) is 0 Å². The van der Waals surface area contributed by atoms with E-state index in [4.69, 9.17) is 4.74 Å². The number of hydrogen-bond acceptors (Lipinski definition) is 4. The van der Waals surface area contributed by atoms with E-state index in [0.717, 1.165) is 29.8 Å². The Morgan fingerprint density at radius 3 is 2.73 bits per heavy atom. The molecule has 1 amide bonds. The molecule has 0 aromatic carbocycles. The van der Waals surface area contributed by atoms with Gasteiger partial charge in [0.1, 0.15) is 10.2 Å². The zero-order valence-corrected chi connectivity index (χ0v) is 15.4. The van der Waals surface area contributed by atoms with Crippen LogP contribution in [0.2, 0.25) is 0 Å². The van der Waals surface area contributed by atoms with Crippen LogP contribution in [-0.2, 0) is 11.3 Å². The van der Waals surface area contributed by atoms with E-state index < -0.39 is 5.60 Å². The van der Waals surface area contributed by atoms with Crippen LogP contribution in [0, 0.1) is 0 Å². The molecule has 0 saturated heterocycles. The second-order valence-corrected chi connectivity index (χ2v) is 6.85. The van der Waals surface area contributed by atoms with Crippen LogP contribution in [0.4, 0.5) is 4.79 Å². The fraction of sp³-hybridized carbons (Fsp3) is 0.625. The third-order valence-electron chi connectivity index (χ3n) is 2.89. The monoisotopic (exact) mass is 371 g/mol. The summed E-state index contributed by atoms with van der Waals surface area (Å²) >= 11 is 3.36. The van der Waals surface area contributed by atoms with E-state index in [2.05, 4.69) is 26.2 Å². The van der Waals surface area contributed by atoms with Crippen molar-refractivity contribution in [1.82, 2.24) is 15.2 Å². The summed E-state index contributed by atoms with van der Waals surface area (Å²) < 4.78 is 6.22. The molecule has 0 aliphatic rings. The summed E-state index contributed by atoms with van der Waals surface area (Å²) in [6.07, 6.45) is 0.629. The second-order valence-electron chi connectivity index (χ2n) is 6.04. The number of pyridine rings is 1. The summed E-state index contributed by atoms with van der Waals surface area (Å²) in [4.78, 5) is 18.1. The van der Waals surface area contributed by atoms with Crippen LogP contribution in [0.25, 0.3) is 0 Å². The number of amides is 1. The summed E-state index contributed by atoms with van der Waals surface area (Å²) in [5.41, 5.74) is 0.545. The lowest BCUT2D eigenvalue weighted by Gasteiger charge is -2.26. The molecular weight excluding hydrogens is 346 g/mol. The van der Waals surface area contributed by atoms with Crippen molar-refractivity contribution in [3.63, 3.8) is 0 Å². The van der Waals surface area contributed by atoms with Crippen LogP contribution in [-0.4, -0.2) is 41.2 Å². The molecule has 0 fully saturated rings. The smallest absolute Gasteiger partial charge is 0.410 e. The van der Waals surface area contributed by atoms with E-state index >= 15 is 0 Å². The fourth-order valence-corrected chi connectivity index (χ4v) is 2.25. The summed E-state index contributed by atoms with van der Waals surface area (Å²) in [7, 11) is 0. The van der Waals surface area contributed by atoms with Gasteiger partial charge in [0.15, 0.2) is 0 Å². The molecule has 22 heavy (non-hydrogen) atoms. The predicted octanol–water partition coefficient (Wildman–Crippen LogP) is 3.58. The third kappa shape index (κ3) is 7.75. The Kier molecular flexibility index (Phi) is 7.82. The molecule has 1 rings (SSSR count). The standard InChI is InChI=1S/C16H26BrN3O2/c1-5-20(15(21)22-16(2,3)4)11-7-10-18-12-13-8-6-9-14(17)19-13/h6,8-9,18H,5,7,10-12H2,1-4H3. The van der Waals surface area contributed by atoms with Crippen molar-refractivity contribution in [2.24, 2.45) is 0 Å². The second kappa shape index (κ2) is 9.10. The van der Waals surface area contributed by atoms with E-state index in [1.165, 1.54) is 0 Å². The molecule has 0 spiro atoms. The van der Waals surface area contributed by atoms with Crippen LogP contribution in [0.5, 0.6) is 0 Å². The van der Waals surface area contributed by atoms with Crippen molar-refractivity contribution in [1.29, 1.82) is 0 Å². The highest BCUT2D eigenvalue weighted by atomic mass is 79.9. The minimum atomic E-state index is -0.449. The van der Waals surface area contributed by atoms with Crippen LogP contribution < -0.4 is 5.32 Å². The fourth-order valence-electron chi connectivity index (χ4n) is 1.87. The Morgan fingerprint density at radius 1 is 1.41 bits per heavy atom. The Bertz CT molecular complexity index is 475. The maximum absolute atomic E-state index is 12.0. The molecule has 0 saturated carbocycles. The molecule has 0 radical (unpaired) electrons. The summed E-state index contributed by atoms with van der Waals surface area (Å²) in [5.74, 6) is 0. The highest BCUT2D eigenvalue weighted by Crippen LogP contribution is 2.10. The Labute approximate surface area is 141 Å². The minimum Gasteiger partial charge on any atom is -0.444 e. The number of carbonyl (C=O) groups is 1. The number of carbonyl (C=O) groups excluding carboxylic acids is 1. The van der Waals surface area contributed by atoms with E-state index in [0.29, 0.717) is 13.1 Å². The molecule has 6 heteroatoms. The van der Waals surface area contributed by atoms with Crippen molar-refractivity contribution >= 4 is 22.0 Å². The number of halogens is 1. The maximum Gasteiger partial charge on any atom is 0.410 e. The van der Waals surface area contributed by atoms with Gasteiger partial charge in [-0.2, -0.15) is 0 Å². The zero-order chi connectivity index (χ0) is 16.6. The number of nitrogens with one attached hydrogen (secondary N) is 1.